The molecule has 1 fully saturated rings. The van der Waals surface area contributed by atoms with Crippen molar-refractivity contribution in [2.75, 3.05) is 13.7 Å². The van der Waals surface area contributed by atoms with Gasteiger partial charge in [0, 0.05) is 6.42 Å². The Hall–Kier alpha value is -1.55. The molecule has 1 aliphatic carbocycles. The Labute approximate surface area is 126 Å². The molecule has 1 saturated carbocycles. The first-order valence-electron chi connectivity index (χ1n) is 7.60. The maximum atomic E-state index is 12.2. The van der Waals surface area contributed by atoms with Gasteiger partial charge in [0.1, 0.15) is 17.4 Å². The van der Waals surface area contributed by atoms with Crippen LogP contribution in [-0.2, 0) is 9.53 Å². The lowest BCUT2D eigenvalue weighted by molar-refractivity contribution is -0.151. The number of ether oxygens (including phenoxy) is 2. The van der Waals surface area contributed by atoms with E-state index in [0.717, 1.165) is 18.6 Å². The number of hydrogen-bond donors (Lipinski definition) is 1. The summed E-state index contributed by atoms with van der Waals surface area (Å²) in [6, 6.07) is 6.20. The number of nitrogens with one attached hydrogen (secondary N) is 1. The third-order valence-corrected chi connectivity index (χ3v) is 4.11. The molecule has 0 heterocycles. The van der Waals surface area contributed by atoms with Crippen molar-refractivity contribution >= 4 is 5.97 Å². The number of likely N-dealkylation sites (N-methyl/N-ethyl adjacent to an activating group) is 1. The van der Waals surface area contributed by atoms with Gasteiger partial charge in [-0.3, -0.25) is 4.79 Å². The smallest absolute Gasteiger partial charge is 0.326 e. The van der Waals surface area contributed by atoms with Gasteiger partial charge in [-0.15, -0.1) is 0 Å². The molecule has 0 aliphatic heterocycles. The second-order valence-electron chi connectivity index (χ2n) is 5.86. The Kier molecular flexibility index (Phi) is 4.88. The Morgan fingerprint density at radius 3 is 2.57 bits per heavy atom. The van der Waals surface area contributed by atoms with Crippen molar-refractivity contribution in [1.82, 2.24) is 5.32 Å². The Morgan fingerprint density at radius 1 is 1.33 bits per heavy atom. The molecule has 116 valence electrons. The van der Waals surface area contributed by atoms with E-state index in [9.17, 15) is 4.79 Å². The number of esters is 1. The summed E-state index contributed by atoms with van der Waals surface area (Å²) in [6.45, 7) is 6.36. The van der Waals surface area contributed by atoms with Gasteiger partial charge in [-0.05, 0) is 63.9 Å². The summed E-state index contributed by atoms with van der Waals surface area (Å²) in [5, 5.41) is 3.15. The summed E-state index contributed by atoms with van der Waals surface area (Å²) < 4.78 is 11.3. The molecule has 4 heteroatoms. The predicted molar refractivity (Wildman–Crippen MR) is 82.6 cm³/mol. The third kappa shape index (κ3) is 3.56. The van der Waals surface area contributed by atoms with Gasteiger partial charge in [0.25, 0.3) is 0 Å². The molecule has 0 radical (unpaired) electrons. The van der Waals surface area contributed by atoms with Gasteiger partial charge >= 0.3 is 5.97 Å². The first-order chi connectivity index (χ1) is 9.99. The fourth-order valence-electron chi connectivity index (χ4n) is 3.08. The van der Waals surface area contributed by atoms with Gasteiger partial charge in [0.2, 0.25) is 0 Å². The van der Waals surface area contributed by atoms with Crippen molar-refractivity contribution in [2.24, 2.45) is 0 Å². The fraction of sp³-hybridized carbons (Fsp3) is 0.588. The zero-order valence-electron chi connectivity index (χ0n) is 13.4. The van der Waals surface area contributed by atoms with Gasteiger partial charge in [0.15, 0.2) is 0 Å². The number of aryl methyl sites for hydroxylation is 2. The summed E-state index contributed by atoms with van der Waals surface area (Å²) in [7, 11) is 1.82. The van der Waals surface area contributed by atoms with Gasteiger partial charge in [0.05, 0.1) is 6.61 Å². The molecule has 1 N–H and O–H groups in total. The molecule has 2 rings (SSSR count). The third-order valence-electron chi connectivity index (χ3n) is 4.11. The van der Waals surface area contributed by atoms with Gasteiger partial charge in [-0.2, -0.15) is 0 Å². The molecule has 2 unspecified atom stereocenters. The highest BCUT2D eigenvalue weighted by Gasteiger charge is 2.46. The molecule has 0 amide bonds. The van der Waals surface area contributed by atoms with E-state index >= 15 is 0 Å². The van der Waals surface area contributed by atoms with Crippen molar-refractivity contribution in [3.63, 3.8) is 0 Å². The van der Waals surface area contributed by atoms with Crippen LogP contribution in [0.3, 0.4) is 0 Å². The zero-order valence-corrected chi connectivity index (χ0v) is 13.4. The van der Waals surface area contributed by atoms with Crippen LogP contribution in [0.15, 0.2) is 18.2 Å². The normalized spacial score (nSPS) is 24.9. The second kappa shape index (κ2) is 6.48. The lowest BCUT2D eigenvalue weighted by atomic mass is 9.98. The van der Waals surface area contributed by atoms with Gasteiger partial charge < -0.3 is 14.8 Å². The van der Waals surface area contributed by atoms with E-state index in [4.69, 9.17) is 9.47 Å². The zero-order chi connectivity index (χ0) is 15.5. The van der Waals surface area contributed by atoms with E-state index < -0.39 is 5.54 Å². The van der Waals surface area contributed by atoms with Crippen LogP contribution in [0.4, 0.5) is 0 Å². The second-order valence-corrected chi connectivity index (χ2v) is 5.86. The monoisotopic (exact) mass is 291 g/mol. The average molecular weight is 291 g/mol. The first-order valence-corrected chi connectivity index (χ1v) is 7.60. The summed E-state index contributed by atoms with van der Waals surface area (Å²) in [5.74, 6) is 0.715. The minimum absolute atomic E-state index is 0.0445. The van der Waals surface area contributed by atoms with Crippen LogP contribution in [0, 0.1) is 13.8 Å². The fourth-order valence-corrected chi connectivity index (χ4v) is 3.08. The maximum absolute atomic E-state index is 12.2. The van der Waals surface area contributed by atoms with E-state index in [1.165, 1.54) is 11.1 Å². The highest BCUT2D eigenvalue weighted by molar-refractivity contribution is 5.81. The Balaban J connectivity index is 2.05. The lowest BCUT2D eigenvalue weighted by Crippen LogP contribution is -2.49. The summed E-state index contributed by atoms with van der Waals surface area (Å²) >= 11 is 0. The molecule has 2 atom stereocenters. The molecule has 1 aromatic carbocycles. The molecular formula is C17H25NO3. The molecule has 1 aromatic rings. The topological polar surface area (TPSA) is 47.6 Å². The number of carbonyl (C=O) groups is 1. The summed E-state index contributed by atoms with van der Waals surface area (Å²) in [6.07, 6.45) is 2.29. The minimum atomic E-state index is -0.598. The van der Waals surface area contributed by atoms with Crippen LogP contribution in [0.5, 0.6) is 5.75 Å². The van der Waals surface area contributed by atoms with E-state index in [2.05, 4.69) is 25.2 Å². The van der Waals surface area contributed by atoms with Crippen molar-refractivity contribution in [3.8, 4) is 5.75 Å². The standard InChI is InChI=1S/C17H25NO3/c1-5-20-16(19)17(18-4)7-6-14(11-17)21-15-9-12(2)8-13(3)10-15/h8-10,14,18H,5-7,11H2,1-4H3. The van der Waals surface area contributed by atoms with Crippen LogP contribution >= 0.6 is 0 Å². The lowest BCUT2D eigenvalue weighted by Gasteiger charge is -2.26. The van der Waals surface area contributed by atoms with Crippen LogP contribution in [0.2, 0.25) is 0 Å². The summed E-state index contributed by atoms with van der Waals surface area (Å²) in [4.78, 5) is 12.2. The highest BCUT2D eigenvalue weighted by atomic mass is 16.5. The van der Waals surface area contributed by atoms with Crippen LogP contribution < -0.4 is 10.1 Å². The molecule has 0 aromatic heterocycles. The van der Waals surface area contributed by atoms with Gasteiger partial charge in [-0.1, -0.05) is 6.07 Å². The first kappa shape index (κ1) is 15.8. The van der Waals surface area contributed by atoms with Crippen molar-refractivity contribution in [3.05, 3.63) is 29.3 Å². The van der Waals surface area contributed by atoms with E-state index in [0.29, 0.717) is 13.0 Å². The number of rotatable bonds is 5. The maximum Gasteiger partial charge on any atom is 0.326 e. The number of carbonyl (C=O) groups excluding carboxylic acids is 1. The van der Waals surface area contributed by atoms with E-state index in [-0.39, 0.29) is 12.1 Å². The highest BCUT2D eigenvalue weighted by Crippen LogP contribution is 2.34. The quantitative estimate of drug-likeness (QED) is 0.847. The largest absolute Gasteiger partial charge is 0.490 e. The SMILES string of the molecule is CCOC(=O)C1(NC)CCC(Oc2cc(C)cc(C)c2)C1. The van der Waals surface area contributed by atoms with Gasteiger partial charge in [-0.25, -0.2) is 0 Å². The van der Waals surface area contributed by atoms with Crippen molar-refractivity contribution in [2.45, 2.75) is 51.7 Å². The van der Waals surface area contributed by atoms with Crippen LogP contribution in [0.1, 0.15) is 37.3 Å². The molecule has 1 aliphatic rings. The predicted octanol–water partition coefficient (Wildman–Crippen LogP) is 2.76. The van der Waals surface area contributed by atoms with E-state index in [1.54, 1.807) is 0 Å². The average Bonchev–Trinajstić information content (AvgIpc) is 2.82. The molecule has 0 spiro atoms. The summed E-state index contributed by atoms with van der Waals surface area (Å²) in [5.41, 5.74) is 1.78. The van der Waals surface area contributed by atoms with Crippen LogP contribution in [-0.4, -0.2) is 31.3 Å². The van der Waals surface area contributed by atoms with E-state index in [1.807, 2.05) is 26.1 Å². The van der Waals surface area contributed by atoms with Crippen molar-refractivity contribution in [1.29, 1.82) is 0 Å². The molecule has 0 bridgehead atoms. The van der Waals surface area contributed by atoms with Crippen molar-refractivity contribution < 1.29 is 14.3 Å². The molecular weight excluding hydrogens is 266 g/mol. The Morgan fingerprint density at radius 2 is 2.00 bits per heavy atom. The molecule has 21 heavy (non-hydrogen) atoms. The number of benzene rings is 1. The molecule has 4 nitrogen and oxygen atoms in total. The van der Waals surface area contributed by atoms with Crippen LogP contribution in [0.25, 0.3) is 0 Å². The molecule has 0 saturated heterocycles. The minimum Gasteiger partial charge on any atom is -0.490 e. The Bertz CT molecular complexity index is 495. The number of hydrogen-bond acceptors (Lipinski definition) is 4.